The molecule has 0 radical (unpaired) electrons. The predicted octanol–water partition coefficient (Wildman–Crippen LogP) is 2.75. The number of hydrogen-bond acceptors (Lipinski definition) is 1. The number of nitrogens with one attached hydrogen (secondary N) is 1. The van der Waals surface area contributed by atoms with Gasteiger partial charge < -0.3 is 5.32 Å². The van der Waals surface area contributed by atoms with E-state index in [4.69, 9.17) is 0 Å². The molecule has 0 saturated carbocycles. The third-order valence-electron chi connectivity index (χ3n) is 2.79. The molecule has 0 bridgehead atoms. The normalized spacial score (nSPS) is 26.2. The summed E-state index contributed by atoms with van der Waals surface area (Å²) in [4.78, 5) is 0. The maximum atomic E-state index is 3.56. The Morgan fingerprint density at radius 3 is 2.46 bits per heavy atom. The third-order valence-corrected chi connectivity index (χ3v) is 2.79. The molecule has 13 heavy (non-hydrogen) atoms. The highest BCUT2D eigenvalue weighted by molar-refractivity contribution is 5.20. The van der Waals surface area contributed by atoms with Gasteiger partial charge in [0.2, 0.25) is 0 Å². The van der Waals surface area contributed by atoms with Crippen molar-refractivity contribution >= 4 is 0 Å². The number of hydrogen-bond donors (Lipinski definition) is 1. The topological polar surface area (TPSA) is 12.0 Å². The summed E-state index contributed by atoms with van der Waals surface area (Å²) in [5, 5.41) is 3.56. The molecule has 1 fully saturated rings. The van der Waals surface area contributed by atoms with Gasteiger partial charge in [-0.25, -0.2) is 0 Å². The summed E-state index contributed by atoms with van der Waals surface area (Å²) in [7, 11) is 0. The van der Waals surface area contributed by atoms with Crippen LogP contribution in [-0.2, 0) is 0 Å². The van der Waals surface area contributed by atoms with Crippen LogP contribution in [0.1, 0.15) is 31.9 Å². The molecule has 70 valence electrons. The Balaban J connectivity index is 2.13. The summed E-state index contributed by atoms with van der Waals surface area (Å²) in [6.45, 7) is 5.78. The Hall–Kier alpha value is -0.820. The van der Waals surface area contributed by atoms with E-state index < -0.39 is 0 Å². The van der Waals surface area contributed by atoms with Crippen molar-refractivity contribution in [2.75, 3.05) is 6.54 Å². The summed E-state index contributed by atoms with van der Waals surface area (Å²) in [6, 6.07) is 11.3. The van der Waals surface area contributed by atoms with E-state index in [1.165, 1.54) is 12.0 Å². The zero-order chi connectivity index (χ0) is 9.31. The predicted molar refractivity (Wildman–Crippen MR) is 55.6 cm³/mol. The van der Waals surface area contributed by atoms with Gasteiger partial charge in [0.05, 0.1) is 0 Å². The quantitative estimate of drug-likeness (QED) is 0.692. The van der Waals surface area contributed by atoms with Gasteiger partial charge in [0.25, 0.3) is 0 Å². The molecule has 0 aromatic heterocycles. The Labute approximate surface area is 80.2 Å². The molecule has 1 aromatic carbocycles. The lowest BCUT2D eigenvalue weighted by Crippen LogP contribution is -2.16. The highest BCUT2D eigenvalue weighted by atomic mass is 15.0. The molecule has 1 N–H and O–H groups in total. The average molecular weight is 175 g/mol. The summed E-state index contributed by atoms with van der Waals surface area (Å²) in [5.74, 6) is 0. The molecular formula is C12H17N. The second-order valence-corrected chi connectivity index (χ2v) is 4.71. The van der Waals surface area contributed by atoms with Crippen molar-refractivity contribution in [2.45, 2.75) is 26.3 Å². The van der Waals surface area contributed by atoms with Crippen molar-refractivity contribution in [1.29, 1.82) is 0 Å². The van der Waals surface area contributed by atoms with E-state index in [1.807, 2.05) is 0 Å². The van der Waals surface area contributed by atoms with Crippen LogP contribution in [0.25, 0.3) is 0 Å². The van der Waals surface area contributed by atoms with Crippen LogP contribution in [-0.4, -0.2) is 6.54 Å². The molecule has 1 heterocycles. The fourth-order valence-corrected chi connectivity index (χ4v) is 2.02. The minimum absolute atomic E-state index is 0.459. The zero-order valence-electron chi connectivity index (χ0n) is 8.38. The van der Waals surface area contributed by atoms with Crippen LogP contribution in [0.5, 0.6) is 0 Å². The van der Waals surface area contributed by atoms with Crippen LogP contribution in [0.15, 0.2) is 30.3 Å². The van der Waals surface area contributed by atoms with Gasteiger partial charge in [-0.1, -0.05) is 44.2 Å². The average Bonchev–Trinajstić information content (AvgIpc) is 2.48. The van der Waals surface area contributed by atoms with E-state index in [0.29, 0.717) is 11.5 Å². The fourth-order valence-electron chi connectivity index (χ4n) is 2.02. The van der Waals surface area contributed by atoms with Crippen LogP contribution in [0.2, 0.25) is 0 Å². The van der Waals surface area contributed by atoms with E-state index >= 15 is 0 Å². The minimum atomic E-state index is 0.459. The van der Waals surface area contributed by atoms with Crippen molar-refractivity contribution in [2.24, 2.45) is 5.41 Å². The molecule has 1 unspecified atom stereocenters. The van der Waals surface area contributed by atoms with Gasteiger partial charge >= 0.3 is 0 Å². The van der Waals surface area contributed by atoms with Gasteiger partial charge in [-0.2, -0.15) is 0 Å². The lowest BCUT2D eigenvalue weighted by molar-refractivity contribution is 0.403. The molecule has 0 aliphatic carbocycles. The summed E-state index contributed by atoms with van der Waals surface area (Å²) >= 11 is 0. The van der Waals surface area contributed by atoms with E-state index in [0.717, 1.165) is 6.54 Å². The monoisotopic (exact) mass is 175 g/mol. The summed E-state index contributed by atoms with van der Waals surface area (Å²) in [6.07, 6.45) is 1.25. The molecule has 2 rings (SSSR count). The second-order valence-electron chi connectivity index (χ2n) is 4.71. The first-order valence-corrected chi connectivity index (χ1v) is 4.96. The SMILES string of the molecule is CC1(C)CNC(c2ccccc2)C1. The Kier molecular flexibility index (Phi) is 2.12. The first-order valence-electron chi connectivity index (χ1n) is 4.96. The molecule has 0 amide bonds. The van der Waals surface area contributed by atoms with Crippen molar-refractivity contribution in [3.63, 3.8) is 0 Å². The molecule has 1 atom stereocenters. The Bertz CT molecular complexity index is 276. The van der Waals surface area contributed by atoms with Crippen LogP contribution in [0.4, 0.5) is 0 Å². The lowest BCUT2D eigenvalue weighted by Gasteiger charge is -2.15. The van der Waals surface area contributed by atoms with Crippen LogP contribution < -0.4 is 5.32 Å². The molecule has 0 spiro atoms. The first-order chi connectivity index (χ1) is 6.17. The van der Waals surface area contributed by atoms with Crippen molar-refractivity contribution in [1.82, 2.24) is 5.32 Å². The third kappa shape index (κ3) is 1.92. The molecule has 1 saturated heterocycles. The van der Waals surface area contributed by atoms with E-state index in [9.17, 15) is 0 Å². The summed E-state index contributed by atoms with van der Waals surface area (Å²) < 4.78 is 0. The Morgan fingerprint density at radius 2 is 1.92 bits per heavy atom. The Morgan fingerprint density at radius 1 is 1.23 bits per heavy atom. The summed E-state index contributed by atoms with van der Waals surface area (Å²) in [5.41, 5.74) is 1.88. The van der Waals surface area contributed by atoms with E-state index in [2.05, 4.69) is 49.5 Å². The smallest absolute Gasteiger partial charge is 0.0326 e. The maximum Gasteiger partial charge on any atom is 0.0326 e. The molecule has 1 aliphatic rings. The fraction of sp³-hybridized carbons (Fsp3) is 0.500. The van der Waals surface area contributed by atoms with Crippen molar-refractivity contribution < 1.29 is 0 Å². The maximum absolute atomic E-state index is 3.56. The number of rotatable bonds is 1. The van der Waals surface area contributed by atoms with Crippen LogP contribution >= 0.6 is 0 Å². The largest absolute Gasteiger partial charge is 0.309 e. The minimum Gasteiger partial charge on any atom is -0.309 e. The van der Waals surface area contributed by atoms with E-state index in [1.54, 1.807) is 0 Å². The second kappa shape index (κ2) is 3.15. The van der Waals surface area contributed by atoms with Gasteiger partial charge in [-0.3, -0.25) is 0 Å². The molecular weight excluding hydrogens is 158 g/mol. The molecule has 1 aliphatic heterocycles. The molecule has 1 nitrogen and oxygen atoms in total. The molecule has 1 heteroatoms. The van der Waals surface area contributed by atoms with Gasteiger partial charge in [0.15, 0.2) is 0 Å². The standard InChI is InChI=1S/C12H17N/c1-12(2)8-11(13-9-12)10-6-4-3-5-7-10/h3-7,11,13H,8-9H2,1-2H3. The first kappa shape index (κ1) is 8.76. The number of benzene rings is 1. The zero-order valence-corrected chi connectivity index (χ0v) is 8.38. The highest BCUT2D eigenvalue weighted by Crippen LogP contribution is 2.35. The van der Waals surface area contributed by atoms with E-state index in [-0.39, 0.29) is 0 Å². The highest BCUT2D eigenvalue weighted by Gasteiger charge is 2.30. The van der Waals surface area contributed by atoms with Gasteiger partial charge in [0, 0.05) is 12.6 Å². The van der Waals surface area contributed by atoms with Gasteiger partial charge in [0.1, 0.15) is 0 Å². The van der Waals surface area contributed by atoms with Crippen LogP contribution in [0.3, 0.4) is 0 Å². The van der Waals surface area contributed by atoms with Gasteiger partial charge in [-0.05, 0) is 17.4 Å². The van der Waals surface area contributed by atoms with Crippen molar-refractivity contribution in [3.05, 3.63) is 35.9 Å². The van der Waals surface area contributed by atoms with Gasteiger partial charge in [-0.15, -0.1) is 0 Å². The molecule has 1 aromatic rings. The van der Waals surface area contributed by atoms with Crippen LogP contribution in [0, 0.1) is 5.41 Å². The van der Waals surface area contributed by atoms with Crippen molar-refractivity contribution in [3.8, 4) is 0 Å². The lowest BCUT2D eigenvalue weighted by atomic mass is 9.89.